The fraction of sp³-hybridized carbons (Fsp3) is 0.294. The molecule has 40 heavy (non-hydrogen) atoms. The predicted octanol–water partition coefficient (Wildman–Crippen LogP) is 6.04. The fourth-order valence-corrected chi connectivity index (χ4v) is 4.95. The number of hydrogen-bond donors (Lipinski definition) is 1. The van der Waals surface area contributed by atoms with Crippen LogP contribution in [0.2, 0.25) is 0 Å². The van der Waals surface area contributed by atoms with Crippen molar-refractivity contribution in [3.05, 3.63) is 144 Å². The molecule has 1 saturated carbocycles. The Labute approximate surface area is 235 Å². The molecule has 0 amide bonds. The van der Waals surface area contributed by atoms with Crippen LogP contribution in [-0.2, 0) is 45.4 Å². The molecule has 0 heterocycles. The molecule has 0 radical (unpaired) electrons. The molecule has 1 aliphatic carbocycles. The van der Waals surface area contributed by atoms with Crippen LogP contribution < -0.4 is 0 Å². The molecule has 0 spiro atoms. The van der Waals surface area contributed by atoms with Gasteiger partial charge < -0.3 is 24.1 Å². The highest BCUT2D eigenvalue weighted by Crippen LogP contribution is 2.34. The minimum Gasteiger partial charge on any atom is -0.387 e. The summed E-state index contributed by atoms with van der Waals surface area (Å²) in [5.41, 5.74) is 3.65. The molecular weight excluding hydrogens is 507 g/mol. The first-order chi connectivity index (χ1) is 19.7. The van der Waals surface area contributed by atoms with E-state index in [1.54, 1.807) is 0 Å². The largest absolute Gasteiger partial charge is 0.387 e. The Hall–Kier alpha value is -3.39. The lowest BCUT2D eigenvalue weighted by atomic mass is 9.84. The standard InChI is InChI=1S/C34H35FO5/c35-29-31(37-21-25-13-5-1-6-14-25)30(36)33(39-23-27-17-9-3-10-18-27)34(40-24-28-19-11-4-12-20-28)32(29)38-22-26-15-7-2-8-16-26/h1-20,29-34,36H,21-24H2/t29-,30+,31+,32+,33-,34-/m0/s1. The zero-order valence-electron chi connectivity index (χ0n) is 22.3. The van der Waals surface area contributed by atoms with Crippen molar-refractivity contribution in [1.82, 2.24) is 0 Å². The molecule has 208 valence electrons. The molecule has 4 aromatic rings. The SMILES string of the molecule is O[C@@H]1[C@H](OCc2ccccc2)[C@H](F)[C@@H](OCc2ccccc2)[C@H](OCc2ccccc2)[C@H]1OCc1ccccc1. The van der Waals surface area contributed by atoms with Crippen LogP contribution in [0.25, 0.3) is 0 Å². The minimum absolute atomic E-state index is 0.148. The van der Waals surface area contributed by atoms with Crippen LogP contribution in [0.1, 0.15) is 22.3 Å². The number of alkyl halides is 1. The molecule has 5 nitrogen and oxygen atoms in total. The van der Waals surface area contributed by atoms with Gasteiger partial charge in [0, 0.05) is 0 Å². The molecule has 0 unspecified atom stereocenters. The van der Waals surface area contributed by atoms with Crippen molar-refractivity contribution >= 4 is 0 Å². The highest BCUT2D eigenvalue weighted by molar-refractivity contribution is 5.17. The van der Waals surface area contributed by atoms with E-state index in [0.29, 0.717) is 0 Å². The lowest BCUT2D eigenvalue weighted by Crippen LogP contribution is -2.65. The van der Waals surface area contributed by atoms with E-state index in [-0.39, 0.29) is 26.4 Å². The lowest BCUT2D eigenvalue weighted by molar-refractivity contribution is -0.260. The molecule has 1 fully saturated rings. The molecule has 1 N–H and O–H groups in total. The summed E-state index contributed by atoms with van der Waals surface area (Å²) in [4.78, 5) is 0. The molecule has 0 aliphatic heterocycles. The van der Waals surface area contributed by atoms with Crippen molar-refractivity contribution in [3.8, 4) is 0 Å². The number of benzene rings is 4. The van der Waals surface area contributed by atoms with E-state index in [0.717, 1.165) is 22.3 Å². The molecule has 0 bridgehead atoms. The predicted molar refractivity (Wildman–Crippen MR) is 151 cm³/mol. The Morgan fingerprint density at radius 1 is 0.425 bits per heavy atom. The average Bonchev–Trinajstić information content (AvgIpc) is 3.01. The summed E-state index contributed by atoms with van der Waals surface area (Å²) in [6.45, 7) is 0.776. The number of rotatable bonds is 12. The first kappa shape index (κ1) is 28.1. The molecular formula is C34H35FO5. The van der Waals surface area contributed by atoms with Crippen molar-refractivity contribution in [3.63, 3.8) is 0 Å². The molecule has 4 aromatic carbocycles. The number of halogens is 1. The van der Waals surface area contributed by atoms with Gasteiger partial charge in [0.2, 0.25) is 0 Å². The van der Waals surface area contributed by atoms with Crippen LogP contribution in [0.3, 0.4) is 0 Å². The van der Waals surface area contributed by atoms with Crippen LogP contribution in [-0.4, -0.2) is 41.8 Å². The summed E-state index contributed by atoms with van der Waals surface area (Å²) in [5.74, 6) is 0. The first-order valence-electron chi connectivity index (χ1n) is 13.6. The summed E-state index contributed by atoms with van der Waals surface area (Å²) >= 11 is 0. The van der Waals surface area contributed by atoms with Gasteiger partial charge in [-0.1, -0.05) is 121 Å². The maximum absolute atomic E-state index is 16.3. The summed E-state index contributed by atoms with van der Waals surface area (Å²) in [5, 5.41) is 11.5. The molecule has 0 saturated heterocycles. The Morgan fingerprint density at radius 3 is 1.10 bits per heavy atom. The summed E-state index contributed by atoms with van der Waals surface area (Å²) < 4.78 is 41.2. The van der Waals surface area contributed by atoms with Gasteiger partial charge in [-0.15, -0.1) is 0 Å². The van der Waals surface area contributed by atoms with Crippen LogP contribution in [0.4, 0.5) is 4.39 Å². The van der Waals surface area contributed by atoms with Crippen molar-refractivity contribution < 1.29 is 28.4 Å². The van der Waals surface area contributed by atoms with Gasteiger partial charge in [-0.2, -0.15) is 0 Å². The van der Waals surface area contributed by atoms with Crippen molar-refractivity contribution in [2.75, 3.05) is 0 Å². The van der Waals surface area contributed by atoms with Crippen molar-refractivity contribution in [2.45, 2.75) is 63.1 Å². The smallest absolute Gasteiger partial charge is 0.157 e. The van der Waals surface area contributed by atoms with Gasteiger partial charge in [0.15, 0.2) is 6.17 Å². The monoisotopic (exact) mass is 542 g/mol. The summed E-state index contributed by atoms with van der Waals surface area (Å²) in [7, 11) is 0. The van der Waals surface area contributed by atoms with E-state index in [1.165, 1.54) is 0 Å². The van der Waals surface area contributed by atoms with E-state index in [2.05, 4.69) is 0 Å². The van der Waals surface area contributed by atoms with Gasteiger partial charge in [0.05, 0.1) is 26.4 Å². The number of aliphatic hydroxyl groups excluding tert-OH is 1. The van der Waals surface area contributed by atoms with E-state index in [1.807, 2.05) is 121 Å². The van der Waals surface area contributed by atoms with Gasteiger partial charge >= 0.3 is 0 Å². The zero-order valence-corrected chi connectivity index (χ0v) is 22.3. The molecule has 6 atom stereocenters. The van der Waals surface area contributed by atoms with Gasteiger partial charge in [-0.25, -0.2) is 4.39 Å². The normalized spacial score (nSPS) is 24.6. The Kier molecular flexibility index (Phi) is 10.1. The third-order valence-electron chi connectivity index (χ3n) is 7.09. The van der Waals surface area contributed by atoms with E-state index < -0.39 is 36.7 Å². The second-order valence-electron chi connectivity index (χ2n) is 9.98. The first-order valence-corrected chi connectivity index (χ1v) is 13.6. The second kappa shape index (κ2) is 14.3. The third-order valence-corrected chi connectivity index (χ3v) is 7.09. The van der Waals surface area contributed by atoms with E-state index in [4.69, 9.17) is 18.9 Å². The highest BCUT2D eigenvalue weighted by atomic mass is 19.1. The summed E-state index contributed by atoms with van der Waals surface area (Å²) in [6.07, 6.45) is -6.90. The lowest BCUT2D eigenvalue weighted by Gasteiger charge is -2.46. The topological polar surface area (TPSA) is 57.2 Å². The maximum Gasteiger partial charge on any atom is 0.157 e. The van der Waals surface area contributed by atoms with Gasteiger partial charge in [-0.3, -0.25) is 0 Å². The summed E-state index contributed by atoms with van der Waals surface area (Å²) in [6, 6.07) is 38.4. The highest BCUT2D eigenvalue weighted by Gasteiger charge is 2.53. The van der Waals surface area contributed by atoms with Crippen LogP contribution in [0, 0.1) is 0 Å². The Bertz CT molecular complexity index is 1200. The van der Waals surface area contributed by atoms with E-state index in [9.17, 15) is 5.11 Å². The fourth-order valence-electron chi connectivity index (χ4n) is 4.95. The van der Waals surface area contributed by atoms with Crippen LogP contribution in [0.5, 0.6) is 0 Å². The molecule has 0 aromatic heterocycles. The minimum atomic E-state index is -1.65. The Balaban J connectivity index is 1.41. The molecule has 1 aliphatic rings. The van der Waals surface area contributed by atoms with Crippen LogP contribution >= 0.6 is 0 Å². The van der Waals surface area contributed by atoms with Gasteiger partial charge in [0.1, 0.15) is 30.5 Å². The third kappa shape index (κ3) is 7.42. The Morgan fingerprint density at radius 2 is 0.725 bits per heavy atom. The molecule has 6 heteroatoms. The average molecular weight is 543 g/mol. The van der Waals surface area contributed by atoms with E-state index >= 15 is 4.39 Å². The second-order valence-corrected chi connectivity index (χ2v) is 9.98. The van der Waals surface area contributed by atoms with Gasteiger partial charge in [0.25, 0.3) is 0 Å². The van der Waals surface area contributed by atoms with Crippen molar-refractivity contribution in [2.24, 2.45) is 0 Å². The quantitative estimate of drug-likeness (QED) is 0.237. The van der Waals surface area contributed by atoms with Gasteiger partial charge in [-0.05, 0) is 22.3 Å². The van der Waals surface area contributed by atoms with Crippen molar-refractivity contribution in [1.29, 1.82) is 0 Å². The number of aliphatic hydroxyl groups is 1. The molecule has 5 rings (SSSR count). The number of ether oxygens (including phenoxy) is 4. The maximum atomic E-state index is 16.3. The number of hydrogen-bond acceptors (Lipinski definition) is 5. The van der Waals surface area contributed by atoms with Crippen LogP contribution in [0.15, 0.2) is 121 Å². The zero-order chi connectivity index (χ0) is 27.6.